The Kier molecular flexibility index (Phi) is 31.8. The molecule has 0 unspecified atom stereocenters. The summed E-state index contributed by atoms with van der Waals surface area (Å²) in [5.41, 5.74) is -0.758. The number of nitrogens with zero attached hydrogens (tertiary/aromatic N) is 1. The maximum atomic E-state index is 13.3. The van der Waals surface area contributed by atoms with Gasteiger partial charge in [0.05, 0.1) is 0 Å². The topological polar surface area (TPSA) is 29.5 Å². The number of Topliss-reactive ketones (excluding diaryl/α,β-unsaturated/α-hetero) is 1. The van der Waals surface area contributed by atoms with E-state index in [1.165, 1.54) is 116 Å². The van der Waals surface area contributed by atoms with Crippen LogP contribution in [0.5, 0.6) is 0 Å². The Labute approximate surface area is 276 Å². The van der Waals surface area contributed by atoms with Crippen molar-refractivity contribution in [3.8, 4) is 0 Å². The molecule has 0 N–H and O–H groups in total. The first-order valence-corrected chi connectivity index (χ1v) is 19.0. The van der Waals surface area contributed by atoms with Gasteiger partial charge in [-0.25, -0.2) is 0 Å². The van der Waals surface area contributed by atoms with Crippen LogP contribution in [-0.4, -0.2) is 37.1 Å². The van der Waals surface area contributed by atoms with Crippen molar-refractivity contribution in [1.82, 2.24) is 4.90 Å². The van der Waals surface area contributed by atoms with Gasteiger partial charge in [0.1, 0.15) is 0 Å². The number of allylic oxidation sites excluding steroid dienone is 8. The molecule has 3 nitrogen and oxygen atoms in total. The van der Waals surface area contributed by atoms with Gasteiger partial charge in [-0.15, -0.1) is 0 Å². The van der Waals surface area contributed by atoms with Gasteiger partial charge in [-0.3, -0.25) is 9.69 Å². The predicted molar refractivity (Wildman–Crippen MR) is 196 cm³/mol. The Morgan fingerprint density at radius 2 is 0.909 bits per heavy atom. The Morgan fingerprint density at radius 3 is 1.32 bits per heavy atom. The first-order valence-electron chi connectivity index (χ1n) is 19.0. The number of hydrogen-bond acceptors (Lipinski definition) is 3. The smallest absolute Gasteiger partial charge is 0.180 e. The lowest BCUT2D eigenvalue weighted by Gasteiger charge is -2.37. The summed E-state index contributed by atoms with van der Waals surface area (Å²) in [5.74, 6) is 0.260. The summed E-state index contributed by atoms with van der Waals surface area (Å²) >= 11 is 0. The van der Waals surface area contributed by atoms with E-state index in [9.17, 15) is 4.79 Å². The van der Waals surface area contributed by atoms with Crippen LogP contribution in [0, 0.1) is 0 Å². The third-order valence-electron chi connectivity index (χ3n) is 8.68. The predicted octanol–water partition coefficient (Wildman–Crippen LogP) is 12.9. The van der Waals surface area contributed by atoms with Crippen LogP contribution in [0.15, 0.2) is 48.6 Å². The van der Waals surface area contributed by atoms with Gasteiger partial charge in [0.2, 0.25) is 0 Å². The molecule has 0 aromatic carbocycles. The fourth-order valence-corrected chi connectivity index (χ4v) is 5.70. The monoisotopic (exact) mass is 614 g/mol. The van der Waals surface area contributed by atoms with Gasteiger partial charge in [0, 0.05) is 13.0 Å². The van der Waals surface area contributed by atoms with Crippen molar-refractivity contribution in [2.75, 3.05) is 20.7 Å². The average Bonchev–Trinajstić information content (AvgIpc) is 3.02. The summed E-state index contributed by atoms with van der Waals surface area (Å²) in [6, 6.07) is 0. The number of rotatable bonds is 33. The Balaban J connectivity index is 3.93. The highest BCUT2D eigenvalue weighted by atomic mass is 16.5. The molecule has 0 aromatic rings. The van der Waals surface area contributed by atoms with E-state index >= 15 is 0 Å². The van der Waals surface area contributed by atoms with Crippen molar-refractivity contribution in [3.05, 3.63) is 48.6 Å². The van der Waals surface area contributed by atoms with Gasteiger partial charge in [0.25, 0.3) is 0 Å². The molecule has 0 saturated carbocycles. The number of carbonyl (C=O) groups excluding carboxylic acids is 1. The van der Waals surface area contributed by atoms with Gasteiger partial charge >= 0.3 is 0 Å². The zero-order chi connectivity index (χ0) is 32.4. The zero-order valence-corrected chi connectivity index (χ0v) is 30.3. The molecule has 0 bridgehead atoms. The van der Waals surface area contributed by atoms with Crippen LogP contribution in [-0.2, 0) is 9.53 Å². The molecular weight excluding hydrogens is 538 g/mol. The van der Waals surface area contributed by atoms with Gasteiger partial charge in [-0.2, -0.15) is 0 Å². The molecular formula is C41H75NO2. The number of hydrogen-bond donors (Lipinski definition) is 0. The van der Waals surface area contributed by atoms with E-state index in [0.717, 1.165) is 32.1 Å². The minimum Gasteiger partial charge on any atom is -0.353 e. The minimum atomic E-state index is -0.758. The minimum absolute atomic E-state index is 0.260. The lowest BCUT2D eigenvalue weighted by Crippen LogP contribution is -2.53. The molecule has 0 amide bonds. The molecule has 0 aliphatic heterocycles. The summed E-state index contributed by atoms with van der Waals surface area (Å²) in [7, 11) is 3.99. The molecule has 44 heavy (non-hydrogen) atoms. The molecule has 3 heteroatoms. The van der Waals surface area contributed by atoms with Gasteiger partial charge < -0.3 is 4.74 Å². The average molecular weight is 614 g/mol. The molecule has 0 aromatic heterocycles. The fourth-order valence-electron chi connectivity index (χ4n) is 5.70. The van der Waals surface area contributed by atoms with Gasteiger partial charge in [-0.05, 0) is 97.6 Å². The highest BCUT2D eigenvalue weighted by molar-refractivity contribution is 5.86. The highest BCUT2D eigenvalue weighted by Gasteiger charge is 2.39. The Bertz CT molecular complexity index is 735. The van der Waals surface area contributed by atoms with Crippen molar-refractivity contribution in [1.29, 1.82) is 0 Å². The summed E-state index contributed by atoms with van der Waals surface area (Å²) in [4.78, 5) is 15.3. The fraction of sp³-hybridized carbons (Fsp3) is 0.780. The third-order valence-corrected chi connectivity index (χ3v) is 8.68. The summed E-state index contributed by atoms with van der Waals surface area (Å²) in [6.45, 7) is 7.28. The normalized spacial score (nSPS) is 13.9. The molecule has 0 spiro atoms. The van der Waals surface area contributed by atoms with Gasteiger partial charge in [-0.1, -0.05) is 140 Å². The van der Waals surface area contributed by atoms with Crippen LogP contribution < -0.4 is 0 Å². The molecule has 0 heterocycles. The summed E-state index contributed by atoms with van der Waals surface area (Å²) in [6.07, 6.45) is 48.0. The standard InChI is InChI=1S/C41H75NO2/c1-6-9-11-13-15-17-19-21-23-25-27-29-31-33-35-37-39-44-41(8-3,42(4)5)40(43)38-36-34-32-30-28-26-24-22-20-18-16-14-12-10-7-2/h15-18,21-24H,6-14,19-20,25-39H2,1-5H3/t41-/m0/s1. The first kappa shape index (κ1) is 42.6. The van der Waals surface area contributed by atoms with E-state index < -0.39 is 5.72 Å². The summed E-state index contributed by atoms with van der Waals surface area (Å²) in [5, 5.41) is 0. The zero-order valence-electron chi connectivity index (χ0n) is 30.3. The van der Waals surface area contributed by atoms with Crippen LogP contribution in [0.4, 0.5) is 0 Å². The Morgan fingerprint density at radius 1 is 0.523 bits per heavy atom. The van der Waals surface area contributed by atoms with Crippen LogP contribution in [0.2, 0.25) is 0 Å². The number of ketones is 1. The maximum Gasteiger partial charge on any atom is 0.180 e. The SMILES string of the molecule is CCCCCC=CCC=CCCCCCCCCO[C@@](CC)(C(=O)CCCCCCCC=CCC=CCCCCC)N(C)C. The molecule has 0 aliphatic rings. The first-order chi connectivity index (χ1) is 21.5. The number of likely N-dealkylation sites (N-methyl/N-ethyl adjacent to an activating group) is 1. The Hall–Kier alpha value is -1.45. The van der Waals surface area contributed by atoms with Crippen molar-refractivity contribution < 1.29 is 9.53 Å². The largest absolute Gasteiger partial charge is 0.353 e. The van der Waals surface area contributed by atoms with E-state index in [2.05, 4.69) is 69.4 Å². The van der Waals surface area contributed by atoms with Crippen molar-refractivity contribution in [2.24, 2.45) is 0 Å². The molecule has 256 valence electrons. The van der Waals surface area contributed by atoms with E-state index in [4.69, 9.17) is 4.74 Å². The van der Waals surface area contributed by atoms with Crippen LogP contribution in [0.25, 0.3) is 0 Å². The maximum absolute atomic E-state index is 13.3. The quantitative estimate of drug-likeness (QED) is 0.0419. The number of carbonyl (C=O) groups is 1. The molecule has 0 radical (unpaired) electrons. The van der Waals surface area contributed by atoms with Crippen LogP contribution in [0.1, 0.15) is 181 Å². The van der Waals surface area contributed by atoms with Crippen LogP contribution >= 0.6 is 0 Å². The number of unbranched alkanes of at least 4 members (excludes halogenated alkanes) is 17. The molecule has 0 aliphatic carbocycles. The van der Waals surface area contributed by atoms with E-state index in [1.54, 1.807) is 0 Å². The van der Waals surface area contributed by atoms with Crippen molar-refractivity contribution >= 4 is 5.78 Å². The lowest BCUT2D eigenvalue weighted by atomic mass is 9.97. The molecule has 1 atom stereocenters. The van der Waals surface area contributed by atoms with E-state index in [-0.39, 0.29) is 5.78 Å². The van der Waals surface area contributed by atoms with Crippen molar-refractivity contribution in [2.45, 2.75) is 187 Å². The second kappa shape index (κ2) is 32.9. The molecule has 0 rings (SSSR count). The molecule has 0 fully saturated rings. The van der Waals surface area contributed by atoms with Crippen molar-refractivity contribution in [3.63, 3.8) is 0 Å². The third kappa shape index (κ3) is 24.8. The second-order valence-electron chi connectivity index (χ2n) is 12.9. The molecule has 0 saturated heterocycles. The lowest BCUT2D eigenvalue weighted by molar-refractivity contribution is -0.172. The van der Waals surface area contributed by atoms with Crippen LogP contribution in [0.3, 0.4) is 0 Å². The summed E-state index contributed by atoms with van der Waals surface area (Å²) < 4.78 is 6.35. The van der Waals surface area contributed by atoms with E-state index in [1.807, 2.05) is 19.0 Å². The second-order valence-corrected chi connectivity index (χ2v) is 12.9. The highest BCUT2D eigenvalue weighted by Crippen LogP contribution is 2.24. The van der Waals surface area contributed by atoms with E-state index in [0.29, 0.717) is 19.4 Å². The number of ether oxygens (including phenoxy) is 1. The van der Waals surface area contributed by atoms with Gasteiger partial charge in [0.15, 0.2) is 11.5 Å².